The van der Waals surface area contributed by atoms with Crippen molar-refractivity contribution in [2.24, 2.45) is 0 Å². The van der Waals surface area contributed by atoms with E-state index in [9.17, 15) is 4.79 Å². The fourth-order valence-corrected chi connectivity index (χ4v) is 2.43. The smallest absolute Gasteiger partial charge is 0.328 e. The molecule has 0 atom stereocenters. The Morgan fingerprint density at radius 1 is 1.20 bits per heavy atom. The first kappa shape index (κ1) is 18.7. The van der Waals surface area contributed by atoms with Gasteiger partial charge in [0.1, 0.15) is 19.0 Å². The van der Waals surface area contributed by atoms with Crippen molar-refractivity contribution in [3.8, 4) is 17.2 Å². The number of aliphatic carboxylic acids is 1. The largest absolute Gasteiger partial charge is 0.493 e. The number of carbonyl (C=O) groups is 1. The van der Waals surface area contributed by atoms with Gasteiger partial charge in [-0.05, 0) is 48.4 Å². The second-order valence-corrected chi connectivity index (χ2v) is 5.63. The van der Waals surface area contributed by atoms with E-state index >= 15 is 0 Å². The molecule has 1 N–H and O–H groups in total. The average Bonchev–Trinajstić information content (AvgIpc) is 2.57. The van der Waals surface area contributed by atoms with Gasteiger partial charge in [0.2, 0.25) is 0 Å². The number of aryl methyl sites for hydroxylation is 1. The minimum atomic E-state index is -1.04. The summed E-state index contributed by atoms with van der Waals surface area (Å²) in [5.41, 5.74) is 1.72. The van der Waals surface area contributed by atoms with Gasteiger partial charge >= 0.3 is 5.97 Å². The van der Waals surface area contributed by atoms with E-state index in [2.05, 4.69) is 0 Å². The zero-order valence-corrected chi connectivity index (χ0v) is 14.7. The second-order valence-electron chi connectivity index (χ2n) is 5.22. The maximum atomic E-state index is 10.6. The molecule has 6 heteroatoms. The molecule has 0 fully saturated rings. The predicted octanol–water partition coefficient (Wildman–Crippen LogP) is 4.21. The molecule has 0 saturated heterocycles. The van der Waals surface area contributed by atoms with Gasteiger partial charge < -0.3 is 19.3 Å². The van der Waals surface area contributed by atoms with Crippen LogP contribution in [0.4, 0.5) is 0 Å². The van der Waals surface area contributed by atoms with Crippen LogP contribution in [0.2, 0.25) is 5.02 Å². The summed E-state index contributed by atoms with van der Waals surface area (Å²) in [6.07, 6.45) is 2.46. The minimum Gasteiger partial charge on any atom is -0.493 e. The lowest BCUT2D eigenvalue weighted by Crippen LogP contribution is -2.10. The molecule has 0 aliphatic heterocycles. The summed E-state index contributed by atoms with van der Waals surface area (Å²) in [5.74, 6) is 0.553. The molecular weight excluding hydrogens is 344 g/mol. The molecule has 0 heterocycles. The third kappa shape index (κ3) is 5.72. The molecule has 0 aliphatic rings. The summed E-state index contributed by atoms with van der Waals surface area (Å²) < 4.78 is 16.6. The molecule has 2 aromatic carbocycles. The lowest BCUT2D eigenvalue weighted by Gasteiger charge is -2.14. The van der Waals surface area contributed by atoms with Crippen molar-refractivity contribution in [3.63, 3.8) is 0 Å². The first-order valence-electron chi connectivity index (χ1n) is 7.60. The highest BCUT2D eigenvalue weighted by Crippen LogP contribution is 2.36. The molecule has 0 amide bonds. The van der Waals surface area contributed by atoms with Crippen LogP contribution in [0, 0.1) is 6.92 Å². The van der Waals surface area contributed by atoms with Crippen LogP contribution in [0.3, 0.4) is 0 Å². The first-order valence-corrected chi connectivity index (χ1v) is 7.98. The molecule has 0 aliphatic carbocycles. The molecule has 25 heavy (non-hydrogen) atoms. The third-order valence-electron chi connectivity index (χ3n) is 3.26. The fourth-order valence-electron chi connectivity index (χ4n) is 2.15. The molecule has 0 spiro atoms. The van der Waals surface area contributed by atoms with E-state index in [1.807, 2.05) is 31.2 Å². The van der Waals surface area contributed by atoms with Gasteiger partial charge in [0.15, 0.2) is 11.5 Å². The summed E-state index contributed by atoms with van der Waals surface area (Å²) in [4.78, 5) is 10.6. The molecule has 132 valence electrons. The SMILES string of the molecule is COc1cc(C=CC(=O)O)cc(Cl)c1OCCOc1cccc(C)c1. The summed E-state index contributed by atoms with van der Waals surface area (Å²) in [6.45, 7) is 2.63. The molecule has 0 radical (unpaired) electrons. The van der Waals surface area contributed by atoms with Crippen LogP contribution >= 0.6 is 11.6 Å². The van der Waals surface area contributed by atoms with Crippen LogP contribution in [0.5, 0.6) is 17.2 Å². The highest BCUT2D eigenvalue weighted by Gasteiger charge is 2.11. The van der Waals surface area contributed by atoms with Gasteiger partial charge in [0.25, 0.3) is 0 Å². The lowest BCUT2D eigenvalue weighted by atomic mass is 10.2. The van der Waals surface area contributed by atoms with Gasteiger partial charge in [-0.25, -0.2) is 4.79 Å². The Labute approximate surface area is 151 Å². The number of methoxy groups -OCH3 is 1. The molecule has 5 nitrogen and oxygen atoms in total. The zero-order chi connectivity index (χ0) is 18.2. The quantitative estimate of drug-likeness (QED) is 0.562. The zero-order valence-electron chi connectivity index (χ0n) is 14.0. The Bertz CT molecular complexity index is 770. The summed E-state index contributed by atoms with van der Waals surface area (Å²) in [5, 5.41) is 9.02. The van der Waals surface area contributed by atoms with Crippen molar-refractivity contribution in [1.29, 1.82) is 0 Å². The molecule has 2 aromatic rings. The van der Waals surface area contributed by atoms with E-state index < -0.39 is 5.97 Å². The van der Waals surface area contributed by atoms with Gasteiger partial charge in [0, 0.05) is 6.08 Å². The Balaban J connectivity index is 2.00. The Morgan fingerprint density at radius 2 is 1.96 bits per heavy atom. The number of ether oxygens (including phenoxy) is 3. The molecule has 0 saturated carbocycles. The molecular formula is C19H19ClO5. The minimum absolute atomic E-state index is 0.286. The van der Waals surface area contributed by atoms with Crippen LogP contribution in [-0.4, -0.2) is 31.4 Å². The number of hydrogen-bond donors (Lipinski definition) is 1. The number of halogens is 1. The normalized spacial score (nSPS) is 10.7. The number of rotatable bonds is 8. The van der Waals surface area contributed by atoms with Crippen molar-refractivity contribution in [2.45, 2.75) is 6.92 Å². The lowest BCUT2D eigenvalue weighted by molar-refractivity contribution is -0.131. The summed E-state index contributed by atoms with van der Waals surface area (Å²) in [6, 6.07) is 11.0. The number of carboxylic acid groups (broad SMARTS) is 1. The second kappa shape index (κ2) is 8.99. The topological polar surface area (TPSA) is 65.0 Å². The van der Waals surface area contributed by atoms with Crippen molar-refractivity contribution in [2.75, 3.05) is 20.3 Å². The van der Waals surface area contributed by atoms with E-state index in [1.165, 1.54) is 13.2 Å². The molecule has 2 rings (SSSR count). The standard InChI is InChI=1S/C19H19ClO5/c1-13-4-3-5-15(10-13)24-8-9-25-19-16(20)11-14(6-7-18(21)22)12-17(19)23-2/h3-7,10-12H,8-9H2,1-2H3,(H,21,22). The maximum Gasteiger partial charge on any atom is 0.328 e. The van der Waals surface area contributed by atoms with Crippen LogP contribution < -0.4 is 14.2 Å². The Hall–Kier alpha value is -2.66. The van der Waals surface area contributed by atoms with Gasteiger partial charge in [-0.3, -0.25) is 0 Å². The predicted molar refractivity (Wildman–Crippen MR) is 96.8 cm³/mol. The van der Waals surface area contributed by atoms with E-state index in [0.29, 0.717) is 28.7 Å². The van der Waals surface area contributed by atoms with Gasteiger partial charge in [-0.2, -0.15) is 0 Å². The summed E-state index contributed by atoms with van der Waals surface area (Å²) >= 11 is 6.22. The monoisotopic (exact) mass is 362 g/mol. The average molecular weight is 363 g/mol. The van der Waals surface area contributed by atoms with E-state index in [0.717, 1.165) is 17.4 Å². The third-order valence-corrected chi connectivity index (χ3v) is 3.54. The number of hydrogen-bond acceptors (Lipinski definition) is 4. The number of carboxylic acids is 1. The fraction of sp³-hybridized carbons (Fsp3) is 0.211. The molecule has 0 unspecified atom stereocenters. The van der Waals surface area contributed by atoms with Crippen molar-refractivity contribution in [1.82, 2.24) is 0 Å². The van der Waals surface area contributed by atoms with Crippen LogP contribution in [0.1, 0.15) is 11.1 Å². The first-order chi connectivity index (χ1) is 12.0. The Kier molecular flexibility index (Phi) is 6.71. The highest BCUT2D eigenvalue weighted by atomic mass is 35.5. The van der Waals surface area contributed by atoms with E-state index in [4.69, 9.17) is 30.9 Å². The number of benzene rings is 2. The summed E-state index contributed by atoms with van der Waals surface area (Å²) in [7, 11) is 1.49. The van der Waals surface area contributed by atoms with Crippen LogP contribution in [-0.2, 0) is 4.79 Å². The Morgan fingerprint density at radius 3 is 2.64 bits per heavy atom. The van der Waals surface area contributed by atoms with Crippen molar-refractivity contribution >= 4 is 23.6 Å². The highest BCUT2D eigenvalue weighted by molar-refractivity contribution is 6.32. The van der Waals surface area contributed by atoms with E-state index in [1.54, 1.807) is 12.1 Å². The van der Waals surface area contributed by atoms with Crippen LogP contribution in [0.25, 0.3) is 6.08 Å². The van der Waals surface area contributed by atoms with Gasteiger partial charge in [0.05, 0.1) is 12.1 Å². The van der Waals surface area contributed by atoms with Crippen molar-refractivity contribution in [3.05, 3.63) is 58.6 Å². The van der Waals surface area contributed by atoms with Crippen molar-refractivity contribution < 1.29 is 24.1 Å². The van der Waals surface area contributed by atoms with Gasteiger partial charge in [-0.1, -0.05) is 23.7 Å². The van der Waals surface area contributed by atoms with E-state index in [-0.39, 0.29) is 6.61 Å². The van der Waals surface area contributed by atoms with Gasteiger partial charge in [-0.15, -0.1) is 0 Å². The molecule has 0 bridgehead atoms. The molecule has 0 aromatic heterocycles. The maximum absolute atomic E-state index is 10.6. The van der Waals surface area contributed by atoms with Crippen LogP contribution in [0.15, 0.2) is 42.5 Å².